The van der Waals surface area contributed by atoms with Crippen molar-refractivity contribution in [2.24, 2.45) is 0 Å². The molecule has 1 aromatic rings. The van der Waals surface area contributed by atoms with E-state index in [0.717, 1.165) is 25.3 Å². The summed E-state index contributed by atoms with van der Waals surface area (Å²) in [6, 6.07) is 3.45. The zero-order valence-electron chi connectivity index (χ0n) is 9.63. The Kier molecular flexibility index (Phi) is 4.85. The third-order valence-corrected chi connectivity index (χ3v) is 2.98. The number of benzene rings is 1. The van der Waals surface area contributed by atoms with Crippen LogP contribution in [0.1, 0.15) is 24.8 Å². The molecule has 0 aromatic heterocycles. The Morgan fingerprint density at radius 3 is 2.17 bits per heavy atom. The molecule has 0 radical (unpaired) electrons. The highest BCUT2D eigenvalue weighted by Crippen LogP contribution is 2.35. The molecule has 0 unspecified atom stereocenters. The third kappa shape index (κ3) is 3.07. The van der Waals surface area contributed by atoms with Gasteiger partial charge in [0.15, 0.2) is 5.82 Å². The summed E-state index contributed by atoms with van der Waals surface area (Å²) in [7, 11) is 0. The molecule has 1 nitrogen and oxygen atoms in total. The van der Waals surface area contributed by atoms with E-state index in [1.165, 1.54) is 12.1 Å². The molecule has 1 heterocycles. The average Bonchev–Trinajstić information content (AvgIpc) is 2.29. The van der Waals surface area contributed by atoms with Crippen molar-refractivity contribution in [3.63, 3.8) is 0 Å². The summed E-state index contributed by atoms with van der Waals surface area (Å²) in [5.41, 5.74) is -1.11. The second kappa shape index (κ2) is 5.78. The lowest BCUT2D eigenvalue weighted by Crippen LogP contribution is -2.30. The van der Waals surface area contributed by atoms with E-state index >= 15 is 0 Å². The Balaban J connectivity index is 0.00000162. The maximum Gasteiger partial charge on any atom is 0.419 e. The van der Waals surface area contributed by atoms with Gasteiger partial charge in [-0.25, -0.2) is 4.39 Å². The highest BCUT2D eigenvalue weighted by atomic mass is 35.5. The average molecular weight is 284 g/mol. The summed E-state index contributed by atoms with van der Waals surface area (Å²) < 4.78 is 51.4. The van der Waals surface area contributed by atoms with E-state index < -0.39 is 17.6 Å². The predicted molar refractivity (Wildman–Crippen MR) is 64.7 cm³/mol. The molecule has 1 saturated heterocycles. The molecule has 6 heteroatoms. The molecule has 2 rings (SSSR count). The van der Waals surface area contributed by atoms with Gasteiger partial charge in [-0.2, -0.15) is 13.2 Å². The predicted octanol–water partition coefficient (Wildman–Crippen LogP) is 4.26. The highest BCUT2D eigenvalue weighted by molar-refractivity contribution is 5.85. The lowest BCUT2D eigenvalue weighted by atomic mass is 10.1. The molecule has 1 aliphatic heterocycles. The van der Waals surface area contributed by atoms with Crippen LogP contribution < -0.4 is 4.90 Å². The molecule has 102 valence electrons. The van der Waals surface area contributed by atoms with E-state index in [0.29, 0.717) is 13.1 Å². The van der Waals surface area contributed by atoms with Crippen LogP contribution in [0.2, 0.25) is 0 Å². The molecular weight excluding hydrogens is 270 g/mol. The van der Waals surface area contributed by atoms with E-state index in [4.69, 9.17) is 0 Å². The molecule has 0 N–H and O–H groups in total. The minimum Gasteiger partial charge on any atom is -0.369 e. The smallest absolute Gasteiger partial charge is 0.369 e. The van der Waals surface area contributed by atoms with E-state index in [9.17, 15) is 17.6 Å². The normalized spacial score (nSPS) is 16.3. The molecule has 0 atom stereocenters. The van der Waals surface area contributed by atoms with Gasteiger partial charge in [-0.05, 0) is 31.4 Å². The zero-order chi connectivity index (χ0) is 12.5. The van der Waals surface area contributed by atoms with Crippen molar-refractivity contribution in [1.29, 1.82) is 0 Å². The lowest BCUT2D eigenvalue weighted by molar-refractivity contribution is -0.139. The molecule has 0 aliphatic carbocycles. The number of hydrogen-bond acceptors (Lipinski definition) is 1. The van der Waals surface area contributed by atoms with Gasteiger partial charge >= 0.3 is 6.18 Å². The second-order valence-corrected chi connectivity index (χ2v) is 4.18. The first kappa shape index (κ1) is 15.1. The molecule has 1 aliphatic rings. The summed E-state index contributed by atoms with van der Waals surface area (Å²) in [5, 5.41) is 0. The number of piperidine rings is 1. The van der Waals surface area contributed by atoms with Crippen molar-refractivity contribution in [3.8, 4) is 0 Å². The first-order chi connectivity index (χ1) is 8.00. The number of nitrogens with zero attached hydrogens (tertiary/aromatic N) is 1. The summed E-state index contributed by atoms with van der Waals surface area (Å²) in [5.74, 6) is -1.15. The number of rotatable bonds is 1. The van der Waals surface area contributed by atoms with Crippen LogP contribution in [-0.2, 0) is 6.18 Å². The fourth-order valence-corrected chi connectivity index (χ4v) is 2.12. The van der Waals surface area contributed by atoms with Crippen molar-refractivity contribution in [2.45, 2.75) is 25.4 Å². The quantitative estimate of drug-likeness (QED) is 0.696. The maximum absolute atomic E-state index is 13.8. The van der Waals surface area contributed by atoms with Crippen molar-refractivity contribution in [2.75, 3.05) is 18.0 Å². The molecule has 1 fully saturated rings. The van der Waals surface area contributed by atoms with Crippen molar-refractivity contribution >= 4 is 18.1 Å². The van der Waals surface area contributed by atoms with Gasteiger partial charge in [0.1, 0.15) is 0 Å². The van der Waals surface area contributed by atoms with Crippen LogP contribution in [0.5, 0.6) is 0 Å². The minimum atomic E-state index is -4.63. The summed E-state index contributed by atoms with van der Waals surface area (Å²) >= 11 is 0. The van der Waals surface area contributed by atoms with E-state index in [2.05, 4.69) is 0 Å². The number of alkyl halides is 3. The van der Waals surface area contributed by atoms with Gasteiger partial charge in [-0.3, -0.25) is 0 Å². The van der Waals surface area contributed by atoms with Crippen LogP contribution in [0.4, 0.5) is 23.2 Å². The number of hydrogen-bond donors (Lipinski definition) is 0. The topological polar surface area (TPSA) is 3.24 Å². The fourth-order valence-electron chi connectivity index (χ4n) is 2.12. The maximum atomic E-state index is 13.8. The molecule has 18 heavy (non-hydrogen) atoms. The van der Waals surface area contributed by atoms with Crippen LogP contribution in [0.3, 0.4) is 0 Å². The SMILES string of the molecule is Cl.Fc1c(N2CCCCC2)cccc1C(F)(F)F. The van der Waals surface area contributed by atoms with Gasteiger partial charge in [-0.15, -0.1) is 12.4 Å². The van der Waals surface area contributed by atoms with Crippen LogP contribution >= 0.6 is 12.4 Å². The zero-order valence-corrected chi connectivity index (χ0v) is 10.5. The van der Waals surface area contributed by atoms with Gasteiger partial charge in [-0.1, -0.05) is 6.07 Å². The Labute approximate surface area is 109 Å². The lowest BCUT2D eigenvalue weighted by Gasteiger charge is -2.29. The second-order valence-electron chi connectivity index (χ2n) is 4.18. The Bertz CT molecular complexity index is 400. The van der Waals surface area contributed by atoms with E-state index in [1.807, 2.05) is 0 Å². The molecule has 0 bridgehead atoms. The Morgan fingerprint density at radius 2 is 1.61 bits per heavy atom. The fraction of sp³-hybridized carbons (Fsp3) is 0.500. The minimum absolute atomic E-state index is 0. The molecule has 0 saturated carbocycles. The summed E-state index contributed by atoms with van der Waals surface area (Å²) in [4.78, 5) is 1.69. The van der Waals surface area contributed by atoms with Crippen LogP contribution in [0.15, 0.2) is 18.2 Å². The molecule has 0 amide bonds. The standard InChI is InChI=1S/C12H13F4N.ClH/c13-11-9(12(14,15)16)5-4-6-10(11)17-7-2-1-3-8-17;/h4-6H,1-3,7-8H2;1H. The molecule has 0 spiro atoms. The summed E-state index contributed by atoms with van der Waals surface area (Å²) in [6.45, 7) is 1.25. The first-order valence-electron chi connectivity index (χ1n) is 5.61. The number of halogens is 5. The van der Waals surface area contributed by atoms with Crippen molar-refractivity contribution in [3.05, 3.63) is 29.6 Å². The number of anilines is 1. The third-order valence-electron chi connectivity index (χ3n) is 2.98. The largest absolute Gasteiger partial charge is 0.419 e. The van der Waals surface area contributed by atoms with E-state index in [1.54, 1.807) is 4.90 Å². The monoisotopic (exact) mass is 283 g/mol. The van der Waals surface area contributed by atoms with Gasteiger partial charge in [0.05, 0.1) is 11.3 Å². The van der Waals surface area contributed by atoms with Crippen LogP contribution in [-0.4, -0.2) is 13.1 Å². The Morgan fingerprint density at radius 1 is 1.00 bits per heavy atom. The van der Waals surface area contributed by atoms with Crippen molar-refractivity contribution < 1.29 is 17.6 Å². The van der Waals surface area contributed by atoms with Crippen LogP contribution in [0, 0.1) is 5.82 Å². The van der Waals surface area contributed by atoms with Crippen LogP contribution in [0.25, 0.3) is 0 Å². The van der Waals surface area contributed by atoms with Gasteiger partial charge in [0.2, 0.25) is 0 Å². The molecule has 1 aromatic carbocycles. The van der Waals surface area contributed by atoms with Gasteiger partial charge < -0.3 is 4.90 Å². The molecular formula is C12H14ClF4N. The van der Waals surface area contributed by atoms with Gasteiger partial charge in [0, 0.05) is 13.1 Å². The Hall–Kier alpha value is -0.970. The summed E-state index contributed by atoms with van der Waals surface area (Å²) in [6.07, 6.45) is -1.78. The van der Waals surface area contributed by atoms with E-state index in [-0.39, 0.29) is 18.1 Å². The highest BCUT2D eigenvalue weighted by Gasteiger charge is 2.35. The van der Waals surface area contributed by atoms with Gasteiger partial charge in [0.25, 0.3) is 0 Å². The van der Waals surface area contributed by atoms with Crippen molar-refractivity contribution in [1.82, 2.24) is 0 Å². The first-order valence-corrected chi connectivity index (χ1v) is 5.61.